The number of aliphatic carboxylic acids is 1. The molecule has 0 unspecified atom stereocenters. The fourth-order valence-corrected chi connectivity index (χ4v) is 1.53. The lowest BCUT2D eigenvalue weighted by Gasteiger charge is -2.18. The zero-order chi connectivity index (χ0) is 16.4. The van der Waals surface area contributed by atoms with Crippen molar-refractivity contribution >= 4 is 5.97 Å². The maximum absolute atomic E-state index is 10.7. The second-order valence-electron chi connectivity index (χ2n) is 4.85. The lowest BCUT2D eigenvalue weighted by molar-refractivity contribution is -0.131. The van der Waals surface area contributed by atoms with E-state index in [2.05, 4.69) is 6.58 Å². The Hall–Kier alpha value is -2.01. The summed E-state index contributed by atoms with van der Waals surface area (Å²) in [5.74, 6) is 0.0451. The van der Waals surface area contributed by atoms with Crippen molar-refractivity contribution in [3.63, 3.8) is 0 Å². The van der Waals surface area contributed by atoms with E-state index in [1.54, 1.807) is 13.2 Å². The van der Waals surface area contributed by atoms with Crippen molar-refractivity contribution in [2.45, 2.75) is 13.8 Å². The molecule has 0 aromatic carbocycles. The SMILES string of the molecule is C=CC(/C=C/C(=O)O)=C(/OCCN(C)C)C(OC)=C(C)C. The van der Waals surface area contributed by atoms with E-state index >= 15 is 0 Å². The van der Waals surface area contributed by atoms with Crippen molar-refractivity contribution in [1.29, 1.82) is 0 Å². The molecule has 1 N–H and O–H groups in total. The number of hydrogen-bond acceptors (Lipinski definition) is 4. The van der Waals surface area contributed by atoms with Gasteiger partial charge in [-0.3, -0.25) is 0 Å². The van der Waals surface area contributed by atoms with Crippen LogP contribution in [0.25, 0.3) is 0 Å². The van der Waals surface area contributed by atoms with Gasteiger partial charge in [-0.2, -0.15) is 0 Å². The molecule has 5 nitrogen and oxygen atoms in total. The minimum absolute atomic E-state index is 0.459. The maximum Gasteiger partial charge on any atom is 0.328 e. The number of carboxylic acid groups (broad SMARTS) is 1. The Balaban J connectivity index is 5.58. The first-order valence-electron chi connectivity index (χ1n) is 6.60. The molecule has 0 rings (SSSR count). The summed E-state index contributed by atoms with van der Waals surface area (Å²) in [4.78, 5) is 12.7. The van der Waals surface area contributed by atoms with Crippen LogP contribution in [0.1, 0.15) is 13.8 Å². The molecule has 0 heterocycles. The predicted molar refractivity (Wildman–Crippen MR) is 83.9 cm³/mol. The lowest BCUT2D eigenvalue weighted by atomic mass is 10.1. The Bertz CT molecular complexity index is 455. The number of hydrogen-bond donors (Lipinski definition) is 1. The zero-order valence-corrected chi connectivity index (χ0v) is 13.5. The molecule has 0 saturated heterocycles. The average Bonchev–Trinajstić information content (AvgIpc) is 2.38. The minimum atomic E-state index is -1.03. The summed E-state index contributed by atoms with van der Waals surface area (Å²) >= 11 is 0. The number of nitrogens with zero attached hydrogens (tertiary/aromatic N) is 1. The Morgan fingerprint density at radius 1 is 1.24 bits per heavy atom. The van der Waals surface area contributed by atoms with Gasteiger partial charge in [0.2, 0.25) is 0 Å². The van der Waals surface area contributed by atoms with Crippen molar-refractivity contribution < 1.29 is 19.4 Å². The van der Waals surface area contributed by atoms with Crippen LogP contribution >= 0.6 is 0 Å². The van der Waals surface area contributed by atoms with E-state index in [1.807, 2.05) is 32.8 Å². The van der Waals surface area contributed by atoms with Crippen LogP contribution in [0, 0.1) is 0 Å². The summed E-state index contributed by atoms with van der Waals surface area (Å²) in [7, 11) is 5.45. The van der Waals surface area contributed by atoms with Crippen molar-refractivity contribution in [3.8, 4) is 0 Å². The van der Waals surface area contributed by atoms with Crippen LogP contribution in [-0.2, 0) is 14.3 Å². The van der Waals surface area contributed by atoms with Gasteiger partial charge in [-0.25, -0.2) is 4.79 Å². The van der Waals surface area contributed by atoms with Gasteiger partial charge < -0.3 is 19.5 Å². The van der Waals surface area contributed by atoms with Crippen LogP contribution in [0.4, 0.5) is 0 Å². The van der Waals surface area contributed by atoms with Gasteiger partial charge in [0.1, 0.15) is 6.61 Å². The summed E-state index contributed by atoms with van der Waals surface area (Å²) in [5, 5.41) is 8.76. The van der Waals surface area contributed by atoms with Gasteiger partial charge >= 0.3 is 5.97 Å². The molecule has 0 aliphatic carbocycles. The third kappa shape index (κ3) is 7.37. The highest BCUT2D eigenvalue weighted by molar-refractivity contribution is 5.80. The summed E-state index contributed by atoms with van der Waals surface area (Å²) in [6.07, 6.45) is 4.04. The molecule has 0 aliphatic rings. The molecule has 0 fully saturated rings. The second kappa shape index (κ2) is 9.83. The highest BCUT2D eigenvalue weighted by atomic mass is 16.5. The molecule has 0 aromatic heterocycles. The molecule has 5 heteroatoms. The third-order valence-corrected chi connectivity index (χ3v) is 2.54. The monoisotopic (exact) mass is 295 g/mol. The summed E-state index contributed by atoms with van der Waals surface area (Å²) in [6, 6.07) is 0. The first-order valence-corrected chi connectivity index (χ1v) is 6.60. The largest absolute Gasteiger partial charge is 0.493 e. The van der Waals surface area contributed by atoms with Crippen LogP contribution in [0.15, 0.2) is 47.5 Å². The number of methoxy groups -OCH3 is 1. The number of likely N-dealkylation sites (N-methyl/N-ethyl adjacent to an activating group) is 1. The Morgan fingerprint density at radius 3 is 2.24 bits per heavy atom. The topological polar surface area (TPSA) is 59.0 Å². The van der Waals surface area contributed by atoms with Crippen LogP contribution in [-0.4, -0.2) is 50.3 Å². The zero-order valence-electron chi connectivity index (χ0n) is 13.5. The summed E-state index contributed by atoms with van der Waals surface area (Å²) in [5.41, 5.74) is 1.50. The van der Waals surface area contributed by atoms with E-state index in [9.17, 15) is 4.79 Å². The van der Waals surface area contributed by atoms with Crippen LogP contribution in [0.2, 0.25) is 0 Å². The molecule has 0 aliphatic heterocycles. The van der Waals surface area contributed by atoms with E-state index in [0.717, 1.165) is 18.2 Å². The molecular weight excluding hydrogens is 270 g/mol. The fourth-order valence-electron chi connectivity index (χ4n) is 1.53. The predicted octanol–water partition coefficient (Wildman–Crippen LogP) is 2.59. The second-order valence-corrected chi connectivity index (χ2v) is 4.85. The number of rotatable bonds is 9. The quantitative estimate of drug-likeness (QED) is 0.402. The Morgan fingerprint density at radius 2 is 1.86 bits per heavy atom. The number of carbonyl (C=O) groups is 1. The smallest absolute Gasteiger partial charge is 0.328 e. The van der Waals surface area contributed by atoms with Crippen molar-refractivity contribution in [2.24, 2.45) is 0 Å². The summed E-state index contributed by atoms with van der Waals surface area (Å²) in [6.45, 7) is 8.70. The Labute approximate surface area is 126 Å². The van der Waals surface area contributed by atoms with Gasteiger partial charge in [-0.15, -0.1) is 0 Å². The molecule has 0 aromatic rings. The van der Waals surface area contributed by atoms with E-state index in [1.165, 1.54) is 6.08 Å². The van der Waals surface area contributed by atoms with Crippen molar-refractivity contribution in [2.75, 3.05) is 34.4 Å². The van der Waals surface area contributed by atoms with Crippen LogP contribution < -0.4 is 0 Å². The molecular formula is C16H25NO4. The molecule has 0 spiro atoms. The molecule has 0 atom stereocenters. The van der Waals surface area contributed by atoms with Gasteiger partial charge in [-0.1, -0.05) is 12.7 Å². The maximum atomic E-state index is 10.7. The Kier molecular flexibility index (Phi) is 8.88. The lowest BCUT2D eigenvalue weighted by Crippen LogP contribution is -2.18. The van der Waals surface area contributed by atoms with E-state index in [4.69, 9.17) is 14.6 Å². The van der Waals surface area contributed by atoms with Crippen molar-refractivity contribution in [1.82, 2.24) is 4.90 Å². The highest BCUT2D eigenvalue weighted by Gasteiger charge is 2.13. The van der Waals surface area contributed by atoms with Gasteiger partial charge in [0.25, 0.3) is 0 Å². The van der Waals surface area contributed by atoms with E-state index < -0.39 is 5.97 Å². The van der Waals surface area contributed by atoms with Gasteiger partial charge in [0, 0.05) is 18.2 Å². The summed E-state index contributed by atoms with van der Waals surface area (Å²) < 4.78 is 11.2. The molecule has 0 bridgehead atoms. The molecule has 21 heavy (non-hydrogen) atoms. The number of carboxylic acids is 1. The highest BCUT2D eigenvalue weighted by Crippen LogP contribution is 2.22. The third-order valence-electron chi connectivity index (χ3n) is 2.54. The molecule has 118 valence electrons. The van der Waals surface area contributed by atoms with E-state index in [-0.39, 0.29) is 0 Å². The van der Waals surface area contributed by atoms with Crippen molar-refractivity contribution in [3.05, 3.63) is 47.5 Å². The molecule has 0 amide bonds. The molecule has 0 saturated carbocycles. The van der Waals surface area contributed by atoms with Gasteiger partial charge in [-0.05, 0) is 39.6 Å². The normalized spacial score (nSPS) is 12.1. The van der Waals surface area contributed by atoms with Crippen LogP contribution in [0.3, 0.4) is 0 Å². The minimum Gasteiger partial charge on any atom is -0.493 e. The number of ether oxygens (including phenoxy) is 2. The fraction of sp³-hybridized carbons (Fsp3) is 0.438. The standard InChI is InChI=1S/C16H25NO4/c1-7-13(8-9-14(18)19)16(15(20-6)12(2)3)21-11-10-17(4)5/h7-9H,1,10-11H2,2-6H3,(H,18,19)/b9-8+,16-13-. The number of allylic oxidation sites excluding steroid dienone is 4. The van der Waals surface area contributed by atoms with Crippen LogP contribution in [0.5, 0.6) is 0 Å². The first-order chi connectivity index (χ1) is 9.83. The molecule has 0 radical (unpaired) electrons. The average molecular weight is 295 g/mol. The van der Waals surface area contributed by atoms with E-state index in [0.29, 0.717) is 23.7 Å². The van der Waals surface area contributed by atoms with Gasteiger partial charge in [0.15, 0.2) is 11.5 Å². The van der Waals surface area contributed by atoms with Gasteiger partial charge in [0.05, 0.1) is 7.11 Å². The first kappa shape index (κ1) is 19.0.